The van der Waals surface area contributed by atoms with Crippen LogP contribution in [0.3, 0.4) is 0 Å². The van der Waals surface area contributed by atoms with E-state index in [9.17, 15) is 4.79 Å². The van der Waals surface area contributed by atoms with Crippen LogP contribution in [0.5, 0.6) is 0 Å². The summed E-state index contributed by atoms with van der Waals surface area (Å²) in [6.07, 6.45) is 21.3. The molecular weight excluding hydrogens is 364 g/mol. The molecule has 0 aliphatic rings. The Balaban J connectivity index is 3.21. The minimum atomic E-state index is -0.347. The first-order valence-corrected chi connectivity index (χ1v) is 12.3. The van der Waals surface area contributed by atoms with Crippen LogP contribution in [-0.4, -0.2) is 39.5 Å². The summed E-state index contributed by atoms with van der Waals surface area (Å²) in [7, 11) is 1.63. The number of nitrogens with one attached hydrogen (secondary N) is 1. The third kappa shape index (κ3) is 21.7. The predicted octanol–water partition coefficient (Wildman–Crippen LogP) is 6.20. The maximum atomic E-state index is 11.6. The van der Waals surface area contributed by atoms with Crippen molar-refractivity contribution in [1.82, 2.24) is 5.32 Å². The van der Waals surface area contributed by atoms with Crippen molar-refractivity contribution in [2.45, 2.75) is 110 Å². The number of hydrogen-bond acceptors (Lipinski definition) is 4. The van der Waals surface area contributed by atoms with E-state index in [1.54, 1.807) is 7.11 Å². The van der Waals surface area contributed by atoms with Gasteiger partial charge in [0, 0.05) is 26.1 Å². The summed E-state index contributed by atoms with van der Waals surface area (Å²) in [4.78, 5) is 11.6. The fraction of sp³-hybridized carbons (Fsp3) is 0.958. The van der Waals surface area contributed by atoms with Crippen molar-refractivity contribution in [3.8, 4) is 0 Å². The quantitative estimate of drug-likeness (QED) is 0.207. The molecule has 0 aromatic carbocycles. The van der Waals surface area contributed by atoms with E-state index >= 15 is 0 Å². The highest BCUT2D eigenvalue weighted by Gasteiger charge is 2.09. The lowest BCUT2D eigenvalue weighted by molar-refractivity contribution is 0.0882. The van der Waals surface area contributed by atoms with E-state index in [0.29, 0.717) is 26.3 Å². The van der Waals surface area contributed by atoms with Crippen LogP contribution in [0.2, 0.25) is 0 Å². The third-order valence-electron chi connectivity index (χ3n) is 5.49. The molecule has 0 aromatic rings. The van der Waals surface area contributed by atoms with Gasteiger partial charge < -0.3 is 20.5 Å². The molecule has 0 saturated heterocycles. The van der Waals surface area contributed by atoms with Gasteiger partial charge in [-0.2, -0.15) is 0 Å². The van der Waals surface area contributed by atoms with Crippen LogP contribution in [0.15, 0.2) is 0 Å². The number of hydrogen-bond donors (Lipinski definition) is 2. The molecule has 0 fully saturated rings. The Labute approximate surface area is 180 Å². The highest BCUT2D eigenvalue weighted by atomic mass is 16.5. The summed E-state index contributed by atoms with van der Waals surface area (Å²) in [5, 5.41) is 2.81. The molecule has 0 aliphatic heterocycles. The Morgan fingerprint density at radius 2 is 1.21 bits per heavy atom. The molecule has 1 unspecified atom stereocenters. The molecular formula is C24H50N2O3. The van der Waals surface area contributed by atoms with Gasteiger partial charge in [0.05, 0.1) is 13.2 Å². The van der Waals surface area contributed by atoms with Gasteiger partial charge in [-0.05, 0) is 6.42 Å². The number of amides is 1. The molecule has 0 rings (SSSR count). The first-order valence-electron chi connectivity index (χ1n) is 12.3. The predicted molar refractivity (Wildman–Crippen MR) is 123 cm³/mol. The van der Waals surface area contributed by atoms with Crippen molar-refractivity contribution in [2.24, 2.45) is 11.7 Å². The van der Waals surface area contributed by atoms with E-state index < -0.39 is 0 Å². The number of carbonyl (C=O) groups is 1. The Hall–Kier alpha value is -0.810. The maximum absolute atomic E-state index is 11.6. The third-order valence-corrected chi connectivity index (χ3v) is 5.49. The average Bonchev–Trinajstić information content (AvgIpc) is 2.73. The molecule has 0 radical (unpaired) electrons. The second kappa shape index (κ2) is 23.5. The zero-order valence-electron chi connectivity index (χ0n) is 19.5. The van der Waals surface area contributed by atoms with Crippen LogP contribution < -0.4 is 11.1 Å². The second-order valence-electron chi connectivity index (χ2n) is 8.39. The lowest BCUT2D eigenvalue weighted by atomic mass is 10.0. The van der Waals surface area contributed by atoms with Gasteiger partial charge in [0.2, 0.25) is 0 Å². The minimum Gasteiger partial charge on any atom is -0.449 e. The van der Waals surface area contributed by atoms with Crippen LogP contribution >= 0.6 is 0 Å². The van der Waals surface area contributed by atoms with Crippen LogP contribution in [0.4, 0.5) is 4.79 Å². The topological polar surface area (TPSA) is 73.6 Å². The molecule has 0 heterocycles. The van der Waals surface area contributed by atoms with E-state index in [4.69, 9.17) is 15.2 Å². The number of ether oxygens (including phenoxy) is 2. The van der Waals surface area contributed by atoms with Crippen LogP contribution in [0, 0.1) is 5.92 Å². The number of nitrogens with two attached hydrogens (primary N) is 1. The molecule has 0 saturated carbocycles. The summed E-state index contributed by atoms with van der Waals surface area (Å²) >= 11 is 0. The molecule has 29 heavy (non-hydrogen) atoms. The van der Waals surface area contributed by atoms with Crippen LogP contribution in [-0.2, 0) is 9.47 Å². The highest BCUT2D eigenvalue weighted by molar-refractivity contribution is 5.67. The molecule has 0 aromatic heterocycles. The van der Waals surface area contributed by atoms with Crippen molar-refractivity contribution in [2.75, 3.05) is 33.4 Å². The molecule has 5 nitrogen and oxygen atoms in total. The SMILES string of the molecule is CCCCCCCCCCCCCCCCCCNC(=O)OCC(CN)COC. The average molecular weight is 415 g/mol. The smallest absolute Gasteiger partial charge is 0.407 e. The van der Waals surface area contributed by atoms with Crippen LogP contribution in [0.1, 0.15) is 110 Å². The van der Waals surface area contributed by atoms with E-state index in [1.807, 2.05) is 0 Å². The summed E-state index contributed by atoms with van der Waals surface area (Å²) in [5.74, 6) is 0.0706. The summed E-state index contributed by atoms with van der Waals surface area (Å²) in [5.41, 5.74) is 5.60. The van der Waals surface area contributed by atoms with E-state index in [-0.39, 0.29) is 12.0 Å². The van der Waals surface area contributed by atoms with Crippen molar-refractivity contribution < 1.29 is 14.3 Å². The second-order valence-corrected chi connectivity index (χ2v) is 8.39. The maximum Gasteiger partial charge on any atom is 0.407 e. The van der Waals surface area contributed by atoms with Gasteiger partial charge in [-0.25, -0.2) is 4.79 Å². The first kappa shape index (κ1) is 28.2. The molecule has 5 heteroatoms. The molecule has 1 amide bonds. The normalized spacial score (nSPS) is 12.1. The first-order chi connectivity index (χ1) is 14.2. The van der Waals surface area contributed by atoms with Crippen LogP contribution in [0.25, 0.3) is 0 Å². The standard InChI is InChI=1S/C24H50N2O3/c1-3-4-5-6-7-8-9-10-11-12-13-14-15-16-17-18-19-26-24(27)29-22-23(20-25)21-28-2/h23H,3-22,25H2,1-2H3,(H,26,27). The fourth-order valence-electron chi connectivity index (χ4n) is 3.53. The number of methoxy groups -OCH3 is 1. The fourth-order valence-corrected chi connectivity index (χ4v) is 3.53. The summed E-state index contributed by atoms with van der Waals surface area (Å²) in [6, 6.07) is 0. The zero-order valence-corrected chi connectivity index (χ0v) is 19.5. The number of carbonyl (C=O) groups excluding carboxylic acids is 1. The van der Waals surface area contributed by atoms with Gasteiger partial charge in [-0.15, -0.1) is 0 Å². The van der Waals surface area contributed by atoms with Gasteiger partial charge in [-0.3, -0.25) is 0 Å². The summed E-state index contributed by atoms with van der Waals surface area (Å²) < 4.78 is 10.2. The Bertz CT molecular complexity index is 340. The monoisotopic (exact) mass is 414 g/mol. The van der Waals surface area contributed by atoms with E-state index in [1.165, 1.54) is 96.3 Å². The van der Waals surface area contributed by atoms with Gasteiger partial charge >= 0.3 is 6.09 Å². The van der Waals surface area contributed by atoms with E-state index in [0.717, 1.165) is 6.42 Å². The lowest BCUT2D eigenvalue weighted by Crippen LogP contribution is -2.31. The Kier molecular flexibility index (Phi) is 22.8. The molecule has 0 bridgehead atoms. The molecule has 0 spiro atoms. The summed E-state index contributed by atoms with van der Waals surface area (Å²) in [6.45, 7) is 4.26. The molecule has 174 valence electrons. The van der Waals surface area contributed by atoms with Gasteiger partial charge in [0.1, 0.15) is 0 Å². The number of rotatable bonds is 22. The molecule has 1 atom stereocenters. The van der Waals surface area contributed by atoms with Crippen molar-refractivity contribution in [1.29, 1.82) is 0 Å². The van der Waals surface area contributed by atoms with Crippen molar-refractivity contribution in [3.63, 3.8) is 0 Å². The number of unbranched alkanes of at least 4 members (excludes halogenated alkanes) is 15. The van der Waals surface area contributed by atoms with E-state index in [2.05, 4.69) is 12.2 Å². The van der Waals surface area contributed by atoms with Gasteiger partial charge in [0.15, 0.2) is 0 Å². The largest absolute Gasteiger partial charge is 0.449 e. The lowest BCUT2D eigenvalue weighted by Gasteiger charge is -2.14. The Morgan fingerprint density at radius 3 is 1.62 bits per heavy atom. The number of alkyl carbamates (subject to hydrolysis) is 1. The van der Waals surface area contributed by atoms with Crippen molar-refractivity contribution in [3.05, 3.63) is 0 Å². The van der Waals surface area contributed by atoms with Gasteiger partial charge in [-0.1, -0.05) is 103 Å². The highest BCUT2D eigenvalue weighted by Crippen LogP contribution is 2.13. The minimum absolute atomic E-state index is 0.0706. The zero-order chi connectivity index (χ0) is 21.4. The Morgan fingerprint density at radius 1 is 0.759 bits per heavy atom. The van der Waals surface area contributed by atoms with Crippen molar-refractivity contribution >= 4 is 6.09 Å². The molecule has 0 aliphatic carbocycles. The van der Waals surface area contributed by atoms with Gasteiger partial charge in [0.25, 0.3) is 0 Å². The molecule has 3 N–H and O–H groups in total.